The molecular formula is C18H29F3N2O2. The maximum Gasteiger partial charge on any atom is 0.416 e. The molecule has 1 amide bonds. The second-order valence-electron chi connectivity index (χ2n) is 5.55. The number of hydrogen-bond donors (Lipinski definition) is 1. The lowest BCUT2D eigenvalue weighted by Gasteiger charge is -2.28. The highest BCUT2D eigenvalue weighted by atomic mass is 19.4. The van der Waals surface area contributed by atoms with Crippen LogP contribution in [-0.4, -0.2) is 37.7 Å². The minimum Gasteiger partial charge on any atom is -0.453 e. The molecule has 1 aromatic rings. The van der Waals surface area contributed by atoms with Crippen LogP contribution >= 0.6 is 0 Å². The van der Waals surface area contributed by atoms with Crippen molar-refractivity contribution in [2.45, 2.75) is 46.3 Å². The van der Waals surface area contributed by atoms with Crippen molar-refractivity contribution in [2.75, 3.05) is 26.7 Å². The lowest BCUT2D eigenvalue weighted by atomic mass is 10.0. The summed E-state index contributed by atoms with van der Waals surface area (Å²) in [6, 6.07) is 5.13. The van der Waals surface area contributed by atoms with Crippen LogP contribution in [0.4, 0.5) is 18.0 Å². The number of benzene rings is 1. The Bertz CT molecular complexity index is 507. The molecule has 0 aliphatic heterocycles. The van der Waals surface area contributed by atoms with E-state index in [0.717, 1.165) is 6.07 Å². The van der Waals surface area contributed by atoms with Gasteiger partial charge in [0.15, 0.2) is 0 Å². The van der Waals surface area contributed by atoms with Crippen molar-refractivity contribution >= 4 is 6.09 Å². The Labute approximate surface area is 148 Å². The molecule has 0 bridgehead atoms. The molecule has 0 radical (unpaired) electrons. The predicted octanol–water partition coefficient (Wildman–Crippen LogP) is 4.86. The summed E-state index contributed by atoms with van der Waals surface area (Å²) in [5.74, 6) is 0. The lowest BCUT2D eigenvalue weighted by molar-refractivity contribution is -0.137. The van der Waals surface area contributed by atoms with Crippen LogP contribution < -0.4 is 5.32 Å². The maximum absolute atomic E-state index is 12.8. The van der Waals surface area contributed by atoms with Gasteiger partial charge in [0.1, 0.15) is 0 Å². The third-order valence-electron chi connectivity index (χ3n) is 3.50. The van der Waals surface area contributed by atoms with E-state index in [1.54, 1.807) is 6.07 Å². The minimum atomic E-state index is -4.35. The Kier molecular flexibility index (Phi) is 10.9. The molecular weight excluding hydrogens is 333 g/mol. The standard InChI is InChI=1S/C15H21F3N2O2.C3H8/c1-4-20(9-8-19-14(21)22-3)11(2)12-6-5-7-13(10-12)15(16,17)18;1-3-2/h5-7,10-11H,4,8-9H2,1-3H3,(H,19,21);3H2,1-2H3/t11-;/m0./s1. The van der Waals surface area contributed by atoms with Crippen molar-refractivity contribution in [3.8, 4) is 0 Å². The fourth-order valence-corrected chi connectivity index (χ4v) is 2.19. The molecule has 0 aliphatic rings. The van der Waals surface area contributed by atoms with E-state index >= 15 is 0 Å². The molecule has 0 saturated heterocycles. The zero-order valence-electron chi connectivity index (χ0n) is 15.6. The number of carbonyl (C=O) groups excluding carboxylic acids is 1. The van der Waals surface area contributed by atoms with Gasteiger partial charge < -0.3 is 10.1 Å². The summed E-state index contributed by atoms with van der Waals surface area (Å²) in [4.78, 5) is 13.0. The normalized spacial score (nSPS) is 12.2. The molecule has 4 nitrogen and oxygen atoms in total. The molecule has 0 aromatic heterocycles. The molecule has 0 saturated carbocycles. The van der Waals surface area contributed by atoms with Gasteiger partial charge in [-0.05, 0) is 31.2 Å². The largest absolute Gasteiger partial charge is 0.453 e. The number of carbonyl (C=O) groups is 1. The number of rotatable bonds is 6. The number of nitrogens with zero attached hydrogens (tertiary/aromatic N) is 1. The summed E-state index contributed by atoms with van der Waals surface area (Å²) in [5, 5.41) is 2.56. The molecule has 1 atom stereocenters. The second kappa shape index (κ2) is 11.7. The van der Waals surface area contributed by atoms with Crippen molar-refractivity contribution in [1.29, 1.82) is 0 Å². The van der Waals surface area contributed by atoms with Crippen LogP contribution in [-0.2, 0) is 10.9 Å². The van der Waals surface area contributed by atoms with E-state index in [4.69, 9.17) is 0 Å². The first-order valence-electron chi connectivity index (χ1n) is 8.44. The highest BCUT2D eigenvalue weighted by Crippen LogP contribution is 2.31. The smallest absolute Gasteiger partial charge is 0.416 e. The number of ether oxygens (including phenoxy) is 1. The molecule has 7 heteroatoms. The highest BCUT2D eigenvalue weighted by molar-refractivity contribution is 5.66. The average Bonchev–Trinajstić information content (AvgIpc) is 2.58. The van der Waals surface area contributed by atoms with Gasteiger partial charge in [-0.25, -0.2) is 4.79 Å². The van der Waals surface area contributed by atoms with E-state index in [9.17, 15) is 18.0 Å². The molecule has 0 unspecified atom stereocenters. The Balaban J connectivity index is 0.00000178. The fraction of sp³-hybridized carbons (Fsp3) is 0.611. The van der Waals surface area contributed by atoms with E-state index in [1.807, 2.05) is 18.7 Å². The molecule has 0 spiro atoms. The topological polar surface area (TPSA) is 41.6 Å². The van der Waals surface area contributed by atoms with Gasteiger partial charge in [-0.15, -0.1) is 0 Å². The third kappa shape index (κ3) is 8.77. The van der Waals surface area contributed by atoms with Crippen LogP contribution in [0.3, 0.4) is 0 Å². The number of hydrogen-bond acceptors (Lipinski definition) is 3. The van der Waals surface area contributed by atoms with Gasteiger partial charge in [-0.1, -0.05) is 39.3 Å². The summed E-state index contributed by atoms with van der Waals surface area (Å²) in [7, 11) is 1.28. The van der Waals surface area contributed by atoms with Crippen molar-refractivity contribution < 1.29 is 22.7 Å². The highest BCUT2D eigenvalue weighted by Gasteiger charge is 2.31. The molecule has 0 fully saturated rings. The van der Waals surface area contributed by atoms with Gasteiger partial charge in [-0.3, -0.25) is 4.90 Å². The van der Waals surface area contributed by atoms with Crippen molar-refractivity contribution in [1.82, 2.24) is 10.2 Å². The van der Waals surface area contributed by atoms with E-state index in [0.29, 0.717) is 25.2 Å². The number of amides is 1. The van der Waals surface area contributed by atoms with Gasteiger partial charge in [0.05, 0.1) is 12.7 Å². The van der Waals surface area contributed by atoms with Crippen molar-refractivity contribution in [2.24, 2.45) is 0 Å². The Morgan fingerprint density at radius 1 is 1.28 bits per heavy atom. The molecule has 0 heterocycles. The van der Waals surface area contributed by atoms with E-state index in [2.05, 4.69) is 23.9 Å². The van der Waals surface area contributed by atoms with Gasteiger partial charge in [0.25, 0.3) is 0 Å². The molecule has 1 aromatic carbocycles. The van der Waals surface area contributed by atoms with Gasteiger partial charge in [0, 0.05) is 19.1 Å². The summed E-state index contributed by atoms with van der Waals surface area (Å²) >= 11 is 0. The van der Waals surface area contributed by atoms with E-state index in [1.165, 1.54) is 25.7 Å². The first-order chi connectivity index (χ1) is 11.7. The van der Waals surface area contributed by atoms with Crippen LogP contribution in [0.5, 0.6) is 0 Å². The quantitative estimate of drug-likeness (QED) is 0.786. The number of alkyl carbamates (subject to hydrolysis) is 1. The minimum absolute atomic E-state index is 0.188. The van der Waals surface area contributed by atoms with Crippen LogP contribution in [0, 0.1) is 0 Å². The van der Waals surface area contributed by atoms with Crippen LogP contribution in [0.25, 0.3) is 0 Å². The summed E-state index contributed by atoms with van der Waals surface area (Å²) < 4.78 is 42.8. The van der Waals surface area contributed by atoms with Crippen LogP contribution in [0.2, 0.25) is 0 Å². The van der Waals surface area contributed by atoms with Gasteiger partial charge in [-0.2, -0.15) is 13.2 Å². The SMILES string of the molecule is CCC.CCN(CCNC(=O)OC)[C@@H](C)c1cccc(C(F)(F)F)c1. The monoisotopic (exact) mass is 362 g/mol. The molecule has 0 aliphatic carbocycles. The summed E-state index contributed by atoms with van der Waals surface area (Å²) in [6.45, 7) is 9.55. The Morgan fingerprint density at radius 2 is 1.88 bits per heavy atom. The molecule has 144 valence electrons. The zero-order valence-corrected chi connectivity index (χ0v) is 15.6. The third-order valence-corrected chi connectivity index (χ3v) is 3.50. The summed E-state index contributed by atoms with van der Waals surface area (Å²) in [5.41, 5.74) is -0.0599. The lowest BCUT2D eigenvalue weighted by Crippen LogP contribution is -2.36. The predicted molar refractivity (Wildman–Crippen MR) is 93.5 cm³/mol. The number of likely N-dealkylation sites (N-methyl/N-ethyl adjacent to an activating group) is 1. The van der Waals surface area contributed by atoms with Gasteiger partial charge in [0.2, 0.25) is 0 Å². The number of nitrogens with one attached hydrogen (secondary N) is 1. The fourth-order valence-electron chi connectivity index (χ4n) is 2.19. The number of alkyl halides is 3. The first-order valence-corrected chi connectivity index (χ1v) is 8.44. The van der Waals surface area contributed by atoms with E-state index in [-0.39, 0.29) is 6.04 Å². The first kappa shape index (κ1) is 23.2. The average molecular weight is 362 g/mol. The molecule has 1 rings (SSSR count). The van der Waals surface area contributed by atoms with Crippen molar-refractivity contribution in [3.05, 3.63) is 35.4 Å². The van der Waals surface area contributed by atoms with Crippen LogP contribution in [0.1, 0.15) is 51.3 Å². The number of methoxy groups -OCH3 is 1. The Hall–Kier alpha value is -1.76. The second-order valence-corrected chi connectivity index (χ2v) is 5.55. The maximum atomic E-state index is 12.8. The van der Waals surface area contributed by atoms with Crippen LogP contribution in [0.15, 0.2) is 24.3 Å². The van der Waals surface area contributed by atoms with Crippen molar-refractivity contribution in [3.63, 3.8) is 0 Å². The molecule has 1 N–H and O–H groups in total. The summed E-state index contributed by atoms with van der Waals surface area (Å²) in [6.07, 6.45) is -3.62. The van der Waals surface area contributed by atoms with E-state index < -0.39 is 17.8 Å². The zero-order chi connectivity index (χ0) is 19.5. The Morgan fingerprint density at radius 3 is 2.36 bits per heavy atom. The number of halogens is 3. The van der Waals surface area contributed by atoms with Gasteiger partial charge >= 0.3 is 12.3 Å². The molecule has 25 heavy (non-hydrogen) atoms.